The third kappa shape index (κ3) is 3.81. The number of nitrogens with one attached hydrogen (secondary N) is 1. The molecular weight excluding hydrogens is 269 g/mol. The second-order valence-corrected chi connectivity index (χ2v) is 4.70. The Labute approximate surface area is 123 Å². The largest absolute Gasteiger partial charge is 0.464 e. The van der Waals surface area contributed by atoms with Crippen molar-refractivity contribution in [3.05, 3.63) is 65.5 Å². The molecule has 1 atom stereocenters. The van der Waals surface area contributed by atoms with Crippen LogP contribution >= 0.6 is 0 Å². The van der Waals surface area contributed by atoms with Gasteiger partial charge >= 0.3 is 5.97 Å². The summed E-state index contributed by atoms with van der Waals surface area (Å²) in [4.78, 5) is 12.1. The van der Waals surface area contributed by atoms with E-state index in [1.54, 1.807) is 26.0 Å². The maximum Gasteiger partial charge on any atom is 0.333 e. The molecule has 0 bridgehead atoms. The quantitative estimate of drug-likeness (QED) is 0.849. The molecular formula is C17H18FNO2. The summed E-state index contributed by atoms with van der Waals surface area (Å²) in [5, 5.41) is 3.09. The Bertz CT molecular complexity index is 613. The molecule has 0 saturated carbocycles. The number of aryl methyl sites for hydroxylation is 1. The number of halogens is 1. The van der Waals surface area contributed by atoms with Crippen molar-refractivity contribution in [1.29, 1.82) is 0 Å². The first-order chi connectivity index (χ1) is 10.1. The molecule has 1 unspecified atom stereocenters. The standard InChI is InChI=1S/C17H18FNO2/c1-3-21-17(20)16(19-14-7-5-4-6-8-14)13-10-9-12(2)15(18)11-13/h4-11,16,19H,3H2,1-2H3. The molecule has 4 heteroatoms. The van der Waals surface area contributed by atoms with E-state index in [2.05, 4.69) is 5.32 Å². The third-order valence-electron chi connectivity index (χ3n) is 3.14. The third-order valence-corrected chi connectivity index (χ3v) is 3.14. The van der Waals surface area contributed by atoms with Crippen molar-refractivity contribution in [3.63, 3.8) is 0 Å². The highest BCUT2D eigenvalue weighted by Crippen LogP contribution is 2.23. The Morgan fingerprint density at radius 3 is 2.57 bits per heavy atom. The monoisotopic (exact) mass is 287 g/mol. The summed E-state index contributed by atoms with van der Waals surface area (Å²) in [5.74, 6) is -0.763. The van der Waals surface area contributed by atoms with Crippen LogP contribution in [0.5, 0.6) is 0 Å². The molecule has 0 spiro atoms. The number of ether oxygens (including phenoxy) is 1. The molecule has 110 valence electrons. The molecule has 3 nitrogen and oxygen atoms in total. The lowest BCUT2D eigenvalue weighted by Gasteiger charge is -2.19. The number of esters is 1. The summed E-state index contributed by atoms with van der Waals surface area (Å²) in [6.45, 7) is 3.70. The van der Waals surface area contributed by atoms with Crippen molar-refractivity contribution in [2.24, 2.45) is 0 Å². The molecule has 0 fully saturated rings. The van der Waals surface area contributed by atoms with Gasteiger partial charge in [0.1, 0.15) is 5.82 Å². The first kappa shape index (κ1) is 15.0. The summed E-state index contributed by atoms with van der Waals surface area (Å²) in [6.07, 6.45) is 0. The van der Waals surface area contributed by atoms with Gasteiger partial charge in [0, 0.05) is 5.69 Å². The number of anilines is 1. The first-order valence-corrected chi connectivity index (χ1v) is 6.86. The molecule has 2 aromatic carbocycles. The number of hydrogen-bond donors (Lipinski definition) is 1. The van der Waals surface area contributed by atoms with Crippen molar-refractivity contribution < 1.29 is 13.9 Å². The first-order valence-electron chi connectivity index (χ1n) is 6.86. The van der Waals surface area contributed by atoms with E-state index < -0.39 is 12.0 Å². The highest BCUT2D eigenvalue weighted by atomic mass is 19.1. The normalized spacial score (nSPS) is 11.8. The molecule has 0 aromatic heterocycles. The van der Waals surface area contributed by atoms with Crippen LogP contribution in [0.3, 0.4) is 0 Å². The number of hydrogen-bond acceptors (Lipinski definition) is 3. The summed E-state index contributed by atoms with van der Waals surface area (Å²) >= 11 is 0. The summed E-state index contributed by atoms with van der Waals surface area (Å²) < 4.78 is 18.8. The average Bonchev–Trinajstić information content (AvgIpc) is 2.49. The van der Waals surface area contributed by atoms with Crippen molar-refractivity contribution in [1.82, 2.24) is 0 Å². The van der Waals surface area contributed by atoms with E-state index in [1.165, 1.54) is 6.07 Å². The van der Waals surface area contributed by atoms with Crippen molar-refractivity contribution in [3.8, 4) is 0 Å². The van der Waals surface area contributed by atoms with E-state index in [0.717, 1.165) is 5.69 Å². The molecule has 0 aliphatic rings. The summed E-state index contributed by atoms with van der Waals surface area (Å²) in [7, 11) is 0. The number of carbonyl (C=O) groups excluding carboxylic acids is 1. The molecule has 0 aliphatic heterocycles. The zero-order chi connectivity index (χ0) is 15.2. The molecule has 1 N–H and O–H groups in total. The predicted molar refractivity (Wildman–Crippen MR) is 80.6 cm³/mol. The fourth-order valence-corrected chi connectivity index (χ4v) is 1.99. The van der Waals surface area contributed by atoms with Crippen molar-refractivity contribution in [2.75, 3.05) is 11.9 Å². The van der Waals surface area contributed by atoms with Crippen LogP contribution in [0.15, 0.2) is 48.5 Å². The number of rotatable bonds is 5. The Hall–Kier alpha value is -2.36. The van der Waals surface area contributed by atoms with Gasteiger partial charge in [-0.05, 0) is 43.2 Å². The van der Waals surface area contributed by atoms with Gasteiger partial charge in [0.25, 0.3) is 0 Å². The van der Waals surface area contributed by atoms with Crippen LogP contribution in [0.25, 0.3) is 0 Å². The van der Waals surface area contributed by atoms with Gasteiger partial charge in [0.05, 0.1) is 6.61 Å². The van der Waals surface area contributed by atoms with Gasteiger partial charge in [0.15, 0.2) is 6.04 Å². The van der Waals surface area contributed by atoms with Crippen LogP contribution in [-0.4, -0.2) is 12.6 Å². The molecule has 21 heavy (non-hydrogen) atoms. The van der Waals surface area contributed by atoms with Crippen LogP contribution < -0.4 is 5.32 Å². The highest BCUT2D eigenvalue weighted by Gasteiger charge is 2.22. The zero-order valence-corrected chi connectivity index (χ0v) is 12.1. The minimum atomic E-state index is -0.734. The molecule has 2 aromatic rings. The summed E-state index contributed by atoms with van der Waals surface area (Å²) in [6, 6.07) is 13.3. The second kappa shape index (κ2) is 6.88. The van der Waals surface area contributed by atoms with Gasteiger partial charge in [-0.1, -0.05) is 30.3 Å². The molecule has 0 heterocycles. The molecule has 0 amide bonds. The molecule has 0 aliphatic carbocycles. The predicted octanol–water partition coefficient (Wildman–Crippen LogP) is 3.85. The Kier molecular flexibility index (Phi) is 4.93. The van der Waals surface area contributed by atoms with Crippen LogP contribution in [0.1, 0.15) is 24.1 Å². The zero-order valence-electron chi connectivity index (χ0n) is 12.1. The number of benzene rings is 2. The van der Waals surface area contributed by atoms with Gasteiger partial charge in [0.2, 0.25) is 0 Å². The molecule has 0 saturated heterocycles. The second-order valence-electron chi connectivity index (χ2n) is 4.70. The highest BCUT2D eigenvalue weighted by molar-refractivity contribution is 5.81. The lowest BCUT2D eigenvalue weighted by Crippen LogP contribution is -2.23. The number of carbonyl (C=O) groups is 1. The van der Waals surface area contributed by atoms with E-state index in [-0.39, 0.29) is 12.4 Å². The van der Waals surface area contributed by atoms with E-state index in [0.29, 0.717) is 11.1 Å². The lowest BCUT2D eigenvalue weighted by molar-refractivity contribution is -0.144. The van der Waals surface area contributed by atoms with E-state index >= 15 is 0 Å². The number of para-hydroxylation sites is 1. The smallest absolute Gasteiger partial charge is 0.333 e. The fraction of sp³-hybridized carbons (Fsp3) is 0.235. The van der Waals surface area contributed by atoms with Crippen LogP contribution in [0.2, 0.25) is 0 Å². The SMILES string of the molecule is CCOC(=O)C(Nc1ccccc1)c1ccc(C)c(F)c1. The lowest BCUT2D eigenvalue weighted by atomic mass is 10.0. The van der Waals surface area contributed by atoms with Crippen LogP contribution in [0, 0.1) is 12.7 Å². The fourth-order valence-electron chi connectivity index (χ4n) is 1.99. The van der Waals surface area contributed by atoms with Gasteiger partial charge in [-0.15, -0.1) is 0 Å². The average molecular weight is 287 g/mol. The van der Waals surface area contributed by atoms with Gasteiger partial charge in [-0.2, -0.15) is 0 Å². The molecule has 0 radical (unpaired) electrons. The minimum Gasteiger partial charge on any atom is -0.464 e. The Morgan fingerprint density at radius 2 is 1.95 bits per heavy atom. The van der Waals surface area contributed by atoms with Crippen LogP contribution in [0.4, 0.5) is 10.1 Å². The van der Waals surface area contributed by atoms with Crippen molar-refractivity contribution >= 4 is 11.7 Å². The van der Waals surface area contributed by atoms with E-state index in [9.17, 15) is 9.18 Å². The van der Waals surface area contributed by atoms with Gasteiger partial charge in [-0.25, -0.2) is 9.18 Å². The van der Waals surface area contributed by atoms with Crippen LogP contribution in [-0.2, 0) is 9.53 Å². The van der Waals surface area contributed by atoms with Crippen molar-refractivity contribution in [2.45, 2.75) is 19.9 Å². The van der Waals surface area contributed by atoms with Gasteiger partial charge in [-0.3, -0.25) is 0 Å². The maximum atomic E-state index is 13.7. The van der Waals surface area contributed by atoms with E-state index in [4.69, 9.17) is 4.74 Å². The topological polar surface area (TPSA) is 38.3 Å². The Morgan fingerprint density at radius 1 is 1.24 bits per heavy atom. The molecule has 2 rings (SSSR count). The van der Waals surface area contributed by atoms with Gasteiger partial charge < -0.3 is 10.1 Å². The summed E-state index contributed by atoms with van der Waals surface area (Å²) in [5.41, 5.74) is 1.86. The minimum absolute atomic E-state index is 0.278. The van der Waals surface area contributed by atoms with E-state index in [1.807, 2.05) is 30.3 Å². The Balaban J connectivity index is 2.31. The maximum absolute atomic E-state index is 13.7.